The van der Waals surface area contributed by atoms with Gasteiger partial charge in [-0.25, -0.2) is 0 Å². The highest BCUT2D eigenvalue weighted by Gasteiger charge is 2.05. The molecule has 0 N–H and O–H groups in total. The molecule has 0 spiro atoms. The van der Waals surface area contributed by atoms with Gasteiger partial charge < -0.3 is 9.47 Å². The first kappa shape index (κ1) is 10.3. The van der Waals surface area contributed by atoms with Gasteiger partial charge in [0.2, 0.25) is 0 Å². The van der Waals surface area contributed by atoms with Crippen LogP contribution in [0.5, 0.6) is 11.5 Å². The molecule has 0 saturated carbocycles. The summed E-state index contributed by atoms with van der Waals surface area (Å²) in [5.74, 6) is 1.37. The molecular weight excluding hydrogens is 180 g/mol. The Morgan fingerprint density at radius 2 is 1.71 bits per heavy atom. The topological polar surface area (TPSA) is 35.5 Å². The van der Waals surface area contributed by atoms with Crippen molar-refractivity contribution in [2.24, 2.45) is 0 Å². The van der Waals surface area contributed by atoms with Crippen molar-refractivity contribution in [3.05, 3.63) is 29.8 Å². The highest BCUT2D eigenvalue weighted by atomic mass is 16.5. The molecule has 0 aliphatic heterocycles. The van der Waals surface area contributed by atoms with E-state index in [9.17, 15) is 4.79 Å². The molecule has 0 radical (unpaired) electrons. The first-order valence-corrected chi connectivity index (χ1v) is 4.16. The Bertz CT molecular complexity index is 320. The number of methoxy groups -OCH3 is 2. The molecule has 3 heteroatoms. The molecule has 1 aromatic carbocycles. The summed E-state index contributed by atoms with van der Waals surface area (Å²) in [5, 5.41) is 0. The van der Waals surface area contributed by atoms with Crippen molar-refractivity contribution in [1.29, 1.82) is 0 Å². The zero-order chi connectivity index (χ0) is 10.4. The van der Waals surface area contributed by atoms with Gasteiger partial charge in [-0.2, -0.15) is 0 Å². The maximum atomic E-state index is 10.2. The van der Waals surface area contributed by atoms with Gasteiger partial charge in [0.1, 0.15) is 17.8 Å². The van der Waals surface area contributed by atoms with Crippen LogP contribution in [0.1, 0.15) is 5.56 Å². The van der Waals surface area contributed by atoms with Gasteiger partial charge in [0.25, 0.3) is 0 Å². The molecule has 0 amide bonds. The summed E-state index contributed by atoms with van der Waals surface area (Å²) < 4.78 is 10.3. The Balaban J connectivity index is 3.18. The summed E-state index contributed by atoms with van der Waals surface area (Å²) >= 11 is 0. The van der Waals surface area contributed by atoms with Crippen LogP contribution >= 0.6 is 0 Å². The number of carbonyl (C=O) groups excluding carboxylic acids is 1. The number of carbonyl (C=O) groups is 1. The van der Waals surface area contributed by atoms with Gasteiger partial charge in [-0.3, -0.25) is 4.79 Å². The second-order valence-electron chi connectivity index (χ2n) is 2.57. The van der Waals surface area contributed by atoms with E-state index in [1.165, 1.54) is 6.08 Å². The average Bonchev–Trinajstić information content (AvgIpc) is 2.25. The summed E-state index contributed by atoms with van der Waals surface area (Å²) in [5.41, 5.74) is 0.768. The van der Waals surface area contributed by atoms with E-state index in [0.29, 0.717) is 17.8 Å². The van der Waals surface area contributed by atoms with Crippen LogP contribution in [-0.4, -0.2) is 20.5 Å². The number of allylic oxidation sites excluding steroid dienone is 1. The lowest BCUT2D eigenvalue weighted by Crippen LogP contribution is -1.91. The second kappa shape index (κ2) is 5.07. The van der Waals surface area contributed by atoms with Crippen molar-refractivity contribution in [1.82, 2.24) is 0 Å². The van der Waals surface area contributed by atoms with Crippen LogP contribution in [-0.2, 0) is 4.79 Å². The van der Waals surface area contributed by atoms with Gasteiger partial charge in [0.15, 0.2) is 0 Å². The summed E-state index contributed by atoms with van der Waals surface area (Å²) in [6.07, 6.45) is 3.77. The van der Waals surface area contributed by atoms with E-state index in [-0.39, 0.29) is 0 Å². The Kier molecular flexibility index (Phi) is 3.73. The van der Waals surface area contributed by atoms with E-state index >= 15 is 0 Å². The van der Waals surface area contributed by atoms with Crippen molar-refractivity contribution in [2.45, 2.75) is 0 Å². The van der Waals surface area contributed by atoms with Crippen LogP contribution in [0.25, 0.3) is 6.08 Å². The predicted octanol–water partition coefficient (Wildman–Crippen LogP) is 1.92. The van der Waals surface area contributed by atoms with Gasteiger partial charge in [-0.15, -0.1) is 0 Å². The minimum Gasteiger partial charge on any atom is -0.496 e. The minimum absolute atomic E-state index is 0.683. The standard InChI is InChI=1S/C11H12O3/c1-13-10-6-3-7-11(14-2)9(10)5-4-8-12/h3-8H,1-2H3. The Hall–Kier alpha value is -1.77. The van der Waals surface area contributed by atoms with E-state index in [2.05, 4.69) is 0 Å². The molecule has 14 heavy (non-hydrogen) atoms. The first-order valence-electron chi connectivity index (χ1n) is 4.16. The van der Waals surface area contributed by atoms with Gasteiger partial charge >= 0.3 is 0 Å². The lowest BCUT2D eigenvalue weighted by atomic mass is 10.1. The Morgan fingerprint density at radius 3 is 2.14 bits per heavy atom. The van der Waals surface area contributed by atoms with Crippen LogP contribution in [0.15, 0.2) is 24.3 Å². The minimum atomic E-state index is 0.683. The zero-order valence-corrected chi connectivity index (χ0v) is 8.19. The Morgan fingerprint density at radius 1 is 1.14 bits per heavy atom. The van der Waals surface area contributed by atoms with Gasteiger partial charge in [-0.1, -0.05) is 6.07 Å². The summed E-state index contributed by atoms with van der Waals surface area (Å²) in [7, 11) is 3.15. The molecule has 0 bridgehead atoms. The fraction of sp³-hybridized carbons (Fsp3) is 0.182. The highest BCUT2D eigenvalue weighted by molar-refractivity contribution is 5.77. The van der Waals surface area contributed by atoms with Crippen molar-refractivity contribution >= 4 is 12.4 Å². The molecule has 1 rings (SSSR count). The van der Waals surface area contributed by atoms with Crippen LogP contribution in [0, 0.1) is 0 Å². The predicted molar refractivity (Wildman–Crippen MR) is 54.6 cm³/mol. The molecule has 0 aliphatic rings. The molecule has 74 valence electrons. The maximum Gasteiger partial charge on any atom is 0.142 e. The molecule has 0 fully saturated rings. The van der Waals surface area contributed by atoms with Crippen LogP contribution in [0.4, 0.5) is 0 Å². The van der Waals surface area contributed by atoms with Crippen molar-refractivity contribution in [3.63, 3.8) is 0 Å². The van der Waals surface area contributed by atoms with Crippen LogP contribution in [0.2, 0.25) is 0 Å². The second-order valence-corrected chi connectivity index (χ2v) is 2.57. The molecule has 0 aliphatic carbocycles. The van der Waals surface area contributed by atoms with Gasteiger partial charge in [-0.05, 0) is 24.3 Å². The van der Waals surface area contributed by atoms with E-state index in [0.717, 1.165) is 5.56 Å². The molecule has 0 unspecified atom stereocenters. The Labute approximate surface area is 83.0 Å². The number of hydrogen-bond acceptors (Lipinski definition) is 3. The highest BCUT2D eigenvalue weighted by Crippen LogP contribution is 2.29. The summed E-state index contributed by atoms with van der Waals surface area (Å²) in [6, 6.07) is 5.45. The maximum absolute atomic E-state index is 10.2. The lowest BCUT2D eigenvalue weighted by molar-refractivity contribution is -0.104. The molecule has 3 nitrogen and oxygen atoms in total. The molecule has 0 aromatic heterocycles. The molecular formula is C11H12O3. The monoisotopic (exact) mass is 192 g/mol. The van der Waals surface area contributed by atoms with E-state index < -0.39 is 0 Å². The number of aldehydes is 1. The fourth-order valence-corrected chi connectivity index (χ4v) is 1.18. The normalized spacial score (nSPS) is 10.1. The summed E-state index contributed by atoms with van der Waals surface area (Å²) in [4.78, 5) is 10.2. The van der Waals surface area contributed by atoms with E-state index in [1.807, 2.05) is 18.2 Å². The third-order valence-electron chi connectivity index (χ3n) is 1.81. The average molecular weight is 192 g/mol. The van der Waals surface area contributed by atoms with Crippen LogP contribution in [0.3, 0.4) is 0 Å². The van der Waals surface area contributed by atoms with E-state index in [4.69, 9.17) is 9.47 Å². The fourth-order valence-electron chi connectivity index (χ4n) is 1.18. The third kappa shape index (κ3) is 2.13. The third-order valence-corrected chi connectivity index (χ3v) is 1.81. The smallest absolute Gasteiger partial charge is 0.142 e. The molecule has 0 heterocycles. The lowest BCUT2D eigenvalue weighted by Gasteiger charge is -2.08. The number of rotatable bonds is 4. The molecule has 0 atom stereocenters. The van der Waals surface area contributed by atoms with Crippen molar-refractivity contribution in [2.75, 3.05) is 14.2 Å². The largest absolute Gasteiger partial charge is 0.496 e. The van der Waals surface area contributed by atoms with Gasteiger partial charge in [0, 0.05) is 0 Å². The number of benzene rings is 1. The quantitative estimate of drug-likeness (QED) is 0.540. The van der Waals surface area contributed by atoms with Gasteiger partial charge in [0.05, 0.1) is 19.8 Å². The molecule has 1 aromatic rings. The van der Waals surface area contributed by atoms with Crippen LogP contribution < -0.4 is 9.47 Å². The van der Waals surface area contributed by atoms with Crippen molar-refractivity contribution < 1.29 is 14.3 Å². The number of ether oxygens (including phenoxy) is 2. The van der Waals surface area contributed by atoms with Crippen molar-refractivity contribution in [3.8, 4) is 11.5 Å². The number of hydrogen-bond donors (Lipinski definition) is 0. The van der Waals surface area contributed by atoms with E-state index in [1.54, 1.807) is 20.3 Å². The summed E-state index contributed by atoms with van der Waals surface area (Å²) in [6.45, 7) is 0. The first-order chi connectivity index (χ1) is 6.83. The molecule has 0 saturated heterocycles. The zero-order valence-electron chi connectivity index (χ0n) is 8.19. The SMILES string of the molecule is COc1cccc(OC)c1C=CC=O.